The number of hydrogen-bond acceptors (Lipinski definition) is 11. The fourth-order valence-corrected chi connectivity index (χ4v) is 5.22. The summed E-state index contributed by atoms with van der Waals surface area (Å²) < 4.78 is 7.23. The van der Waals surface area contributed by atoms with Crippen LogP contribution in [0, 0.1) is 0 Å². The first-order valence-corrected chi connectivity index (χ1v) is 12.5. The molecule has 0 spiro atoms. The van der Waals surface area contributed by atoms with E-state index >= 15 is 0 Å². The molecule has 2 saturated heterocycles. The maximum atomic E-state index is 13.2. The molecule has 6 rings (SSSR count). The van der Waals surface area contributed by atoms with Gasteiger partial charge in [0, 0.05) is 49.5 Å². The van der Waals surface area contributed by atoms with E-state index in [2.05, 4.69) is 25.6 Å². The minimum atomic E-state index is -1.46. The molecule has 0 radical (unpaired) electrons. The van der Waals surface area contributed by atoms with Gasteiger partial charge in [0.1, 0.15) is 24.1 Å². The SMILES string of the molecule is Cl.Cl.Nc1ncnc2c1ncn2[C@@H]1O[C@H](C(=O)N2CCN(CC(=O)Nc3cccc4c3CNC4=O)CC2)[C@@H](O)[C@H]1O. The van der Waals surface area contributed by atoms with Crippen molar-refractivity contribution in [3.63, 3.8) is 0 Å². The first-order valence-electron chi connectivity index (χ1n) is 12.5. The van der Waals surface area contributed by atoms with E-state index in [4.69, 9.17) is 10.5 Å². The summed E-state index contributed by atoms with van der Waals surface area (Å²) in [6.45, 7) is 1.99. The number of amides is 3. The van der Waals surface area contributed by atoms with Crippen molar-refractivity contribution in [1.82, 2.24) is 34.6 Å². The molecule has 0 bridgehead atoms. The molecule has 1 aromatic carbocycles. The van der Waals surface area contributed by atoms with Crippen LogP contribution in [0.25, 0.3) is 11.2 Å². The van der Waals surface area contributed by atoms with Gasteiger partial charge in [0.15, 0.2) is 23.8 Å². The van der Waals surface area contributed by atoms with Gasteiger partial charge in [-0.1, -0.05) is 6.07 Å². The number of halogens is 2. The van der Waals surface area contributed by atoms with Gasteiger partial charge in [0.2, 0.25) is 5.91 Å². The highest BCUT2D eigenvalue weighted by Crippen LogP contribution is 2.33. The molecule has 2 fully saturated rings. The van der Waals surface area contributed by atoms with Crippen LogP contribution < -0.4 is 16.4 Å². The molecule has 4 atom stereocenters. The second-order valence-corrected chi connectivity index (χ2v) is 9.68. The third-order valence-electron chi connectivity index (χ3n) is 7.31. The highest BCUT2D eigenvalue weighted by Gasteiger charge is 2.49. The molecular formula is C24H29Cl2N9O6. The summed E-state index contributed by atoms with van der Waals surface area (Å²) in [5, 5.41) is 26.9. The van der Waals surface area contributed by atoms with Gasteiger partial charge in [0.05, 0.1) is 12.9 Å². The minimum absolute atomic E-state index is 0. The van der Waals surface area contributed by atoms with E-state index in [0.29, 0.717) is 55.1 Å². The number of benzene rings is 1. The zero-order valence-electron chi connectivity index (χ0n) is 21.5. The predicted octanol–water partition coefficient (Wildman–Crippen LogP) is -1.10. The Morgan fingerprint density at radius 3 is 2.61 bits per heavy atom. The minimum Gasteiger partial charge on any atom is -0.387 e. The van der Waals surface area contributed by atoms with Gasteiger partial charge in [-0.15, -0.1) is 24.8 Å². The van der Waals surface area contributed by atoms with E-state index < -0.39 is 30.4 Å². The van der Waals surface area contributed by atoms with Gasteiger partial charge >= 0.3 is 0 Å². The number of carbonyl (C=O) groups is 3. The molecule has 0 unspecified atom stereocenters. The summed E-state index contributed by atoms with van der Waals surface area (Å²) in [6, 6.07) is 5.21. The normalized spacial score (nSPS) is 23.9. The van der Waals surface area contributed by atoms with Crippen LogP contribution in [0.4, 0.5) is 11.5 Å². The number of anilines is 2. The third kappa shape index (κ3) is 5.51. The van der Waals surface area contributed by atoms with Crippen LogP contribution in [-0.4, -0.2) is 108 Å². The molecule has 41 heavy (non-hydrogen) atoms. The van der Waals surface area contributed by atoms with Crippen LogP contribution in [0.1, 0.15) is 22.1 Å². The van der Waals surface area contributed by atoms with E-state index in [1.165, 1.54) is 17.2 Å². The molecule has 3 aromatic rings. The number of nitrogens with zero attached hydrogens (tertiary/aromatic N) is 6. The summed E-state index contributed by atoms with van der Waals surface area (Å²) >= 11 is 0. The Labute approximate surface area is 245 Å². The molecule has 5 heterocycles. The molecule has 15 nitrogen and oxygen atoms in total. The molecule has 6 N–H and O–H groups in total. The Bertz CT molecular complexity index is 1460. The molecule has 17 heteroatoms. The Hall–Kier alpha value is -3.60. The fraction of sp³-hybridized carbons (Fsp3) is 0.417. The second-order valence-electron chi connectivity index (χ2n) is 9.68. The van der Waals surface area contributed by atoms with Crippen molar-refractivity contribution < 1.29 is 29.3 Å². The lowest BCUT2D eigenvalue weighted by Gasteiger charge is -2.35. The van der Waals surface area contributed by atoms with Crippen LogP contribution in [-0.2, 0) is 20.9 Å². The number of ether oxygens (including phenoxy) is 1. The lowest BCUT2D eigenvalue weighted by atomic mass is 10.1. The van der Waals surface area contributed by atoms with Crippen LogP contribution in [0.2, 0.25) is 0 Å². The Morgan fingerprint density at radius 1 is 1.10 bits per heavy atom. The average Bonchev–Trinajstić information content (AvgIpc) is 3.61. The number of imidazole rings is 1. The Kier molecular flexibility index (Phi) is 8.96. The van der Waals surface area contributed by atoms with Crippen LogP contribution in [0.3, 0.4) is 0 Å². The molecule has 220 valence electrons. The quantitative estimate of drug-likeness (QED) is 0.235. The highest BCUT2D eigenvalue weighted by atomic mass is 35.5. The number of nitrogens with two attached hydrogens (primary N) is 1. The number of hydrogen-bond donors (Lipinski definition) is 5. The van der Waals surface area contributed by atoms with Crippen molar-refractivity contribution >= 4 is 65.2 Å². The Balaban J connectivity index is 0.00000194. The number of aromatic nitrogens is 4. The van der Waals surface area contributed by atoms with E-state index in [9.17, 15) is 24.6 Å². The van der Waals surface area contributed by atoms with Crippen LogP contribution in [0.15, 0.2) is 30.9 Å². The van der Waals surface area contributed by atoms with E-state index in [-0.39, 0.29) is 49.0 Å². The predicted molar refractivity (Wildman–Crippen MR) is 149 cm³/mol. The van der Waals surface area contributed by atoms with E-state index in [0.717, 1.165) is 5.56 Å². The fourth-order valence-electron chi connectivity index (χ4n) is 5.22. The number of carbonyl (C=O) groups excluding carboxylic acids is 3. The standard InChI is InChI=1S/C24H27N9O6.2ClH/c25-20-16-21(28-10-27-20)33(11-29-16)24-18(36)17(35)19(39-24)23(38)32-6-4-31(5-7-32)9-15(34)30-14-3-1-2-12-13(14)8-26-22(12)37;;/h1-3,10-11,17-19,24,35-36H,4-9H2,(H,26,37)(H,30,34)(H2,25,27,28);2*1H/t17-,18+,19-,24+;;/m0../s1. The van der Waals surface area contributed by atoms with Crippen molar-refractivity contribution in [1.29, 1.82) is 0 Å². The van der Waals surface area contributed by atoms with Gasteiger partial charge in [-0.25, -0.2) is 15.0 Å². The molecule has 3 aliphatic heterocycles. The van der Waals surface area contributed by atoms with Crippen LogP contribution >= 0.6 is 24.8 Å². The lowest BCUT2D eigenvalue weighted by Crippen LogP contribution is -2.54. The first kappa shape index (κ1) is 30.4. The number of fused-ring (bicyclic) bond motifs is 2. The number of nitrogen functional groups attached to an aromatic ring is 1. The number of rotatable bonds is 5. The van der Waals surface area contributed by atoms with Crippen molar-refractivity contribution in [3.05, 3.63) is 42.0 Å². The summed E-state index contributed by atoms with van der Waals surface area (Å²) in [7, 11) is 0. The van der Waals surface area contributed by atoms with Gasteiger partial charge in [-0.05, 0) is 12.1 Å². The molecule has 0 saturated carbocycles. The maximum Gasteiger partial charge on any atom is 0.254 e. The smallest absolute Gasteiger partial charge is 0.254 e. The van der Waals surface area contributed by atoms with Crippen LogP contribution in [0.5, 0.6) is 0 Å². The summed E-state index contributed by atoms with van der Waals surface area (Å²) in [4.78, 5) is 53.4. The monoisotopic (exact) mass is 609 g/mol. The zero-order chi connectivity index (χ0) is 27.3. The van der Waals surface area contributed by atoms with E-state index in [1.54, 1.807) is 23.1 Å². The number of aliphatic hydroxyl groups excluding tert-OH is 2. The molecule has 3 aliphatic rings. The average molecular weight is 610 g/mol. The number of piperazine rings is 1. The maximum absolute atomic E-state index is 13.2. The number of aliphatic hydroxyl groups is 2. The van der Waals surface area contributed by atoms with Crippen molar-refractivity contribution in [2.75, 3.05) is 43.8 Å². The van der Waals surface area contributed by atoms with E-state index in [1.807, 2.05) is 4.90 Å². The van der Waals surface area contributed by atoms with Gasteiger partial charge in [0.25, 0.3) is 11.8 Å². The molecular weight excluding hydrogens is 581 g/mol. The van der Waals surface area contributed by atoms with Crippen molar-refractivity contribution in [3.8, 4) is 0 Å². The topological polar surface area (TPSA) is 201 Å². The zero-order valence-corrected chi connectivity index (χ0v) is 23.2. The second kappa shape index (κ2) is 12.1. The third-order valence-corrected chi connectivity index (χ3v) is 7.31. The highest BCUT2D eigenvalue weighted by molar-refractivity contribution is 6.02. The first-order chi connectivity index (χ1) is 18.8. The molecule has 0 aliphatic carbocycles. The van der Waals surface area contributed by atoms with Gasteiger partial charge < -0.3 is 36.2 Å². The van der Waals surface area contributed by atoms with Gasteiger partial charge in [-0.3, -0.25) is 23.9 Å². The van der Waals surface area contributed by atoms with Crippen molar-refractivity contribution in [2.24, 2.45) is 0 Å². The van der Waals surface area contributed by atoms with Gasteiger partial charge in [-0.2, -0.15) is 0 Å². The largest absolute Gasteiger partial charge is 0.387 e. The van der Waals surface area contributed by atoms with Crippen molar-refractivity contribution in [2.45, 2.75) is 31.1 Å². The summed E-state index contributed by atoms with van der Waals surface area (Å²) in [5.41, 5.74) is 8.38. The summed E-state index contributed by atoms with van der Waals surface area (Å²) in [5.74, 6) is -0.677. The number of nitrogens with one attached hydrogen (secondary N) is 2. The summed E-state index contributed by atoms with van der Waals surface area (Å²) in [6.07, 6.45) is -2.62. The molecule has 2 aromatic heterocycles. The molecule has 3 amide bonds. The lowest BCUT2D eigenvalue weighted by molar-refractivity contribution is -0.150. The Morgan fingerprint density at radius 2 is 1.85 bits per heavy atom.